The minimum atomic E-state index is -1.03. The third kappa shape index (κ3) is 4.17. The molecule has 2 aliphatic heterocycles. The molecule has 0 radical (unpaired) electrons. The standard InChI is InChI=1S/C28H26N2O7/c1-4-36-28(33)17-10-12-18(13-11-17)29-26(31)23-24(21-15-14-20(34-2)16-22(21)35-3)30(37-25(23)27(29)32)19-8-6-5-7-9-19/h5-16,23-25H,4H2,1-3H3. The number of nitrogens with zero attached hydrogens (tertiary/aromatic N) is 2. The SMILES string of the molecule is CCOC(=O)c1ccc(N2C(=O)C3ON(c4ccccc4)C(c4ccc(OC)cc4OC)C3C2=O)cc1. The van der Waals surface area contributed by atoms with Gasteiger partial charge in [-0.05, 0) is 55.5 Å². The molecule has 2 aliphatic rings. The molecule has 37 heavy (non-hydrogen) atoms. The molecule has 2 heterocycles. The molecule has 9 nitrogen and oxygen atoms in total. The monoisotopic (exact) mass is 502 g/mol. The van der Waals surface area contributed by atoms with Gasteiger partial charge in [-0.2, -0.15) is 0 Å². The number of hydroxylamine groups is 1. The lowest BCUT2D eigenvalue weighted by Crippen LogP contribution is -2.37. The molecule has 190 valence electrons. The highest BCUT2D eigenvalue weighted by Crippen LogP contribution is 2.49. The number of fused-ring (bicyclic) bond motifs is 1. The van der Waals surface area contributed by atoms with Gasteiger partial charge >= 0.3 is 5.97 Å². The van der Waals surface area contributed by atoms with Gasteiger partial charge in [-0.25, -0.2) is 14.8 Å². The fourth-order valence-electron chi connectivity index (χ4n) is 4.81. The van der Waals surface area contributed by atoms with E-state index in [1.165, 1.54) is 19.2 Å². The number of hydrogen-bond acceptors (Lipinski definition) is 8. The summed E-state index contributed by atoms with van der Waals surface area (Å²) in [5, 5.41) is 1.61. The van der Waals surface area contributed by atoms with Crippen molar-refractivity contribution >= 4 is 29.2 Å². The smallest absolute Gasteiger partial charge is 0.338 e. The number of carbonyl (C=O) groups excluding carboxylic acids is 3. The predicted molar refractivity (Wildman–Crippen MR) is 134 cm³/mol. The van der Waals surface area contributed by atoms with Gasteiger partial charge in [0, 0.05) is 11.6 Å². The van der Waals surface area contributed by atoms with Crippen LogP contribution in [-0.4, -0.2) is 44.7 Å². The first kappa shape index (κ1) is 24.3. The van der Waals surface area contributed by atoms with Gasteiger partial charge in [0.1, 0.15) is 17.4 Å². The lowest BCUT2D eigenvalue weighted by atomic mass is 9.90. The Morgan fingerprint density at radius 3 is 2.27 bits per heavy atom. The third-order valence-electron chi connectivity index (χ3n) is 6.52. The molecule has 2 saturated heterocycles. The summed E-state index contributed by atoms with van der Waals surface area (Å²) < 4.78 is 16.0. The Labute approximate surface area is 214 Å². The highest BCUT2D eigenvalue weighted by Gasteiger charge is 2.60. The summed E-state index contributed by atoms with van der Waals surface area (Å²) in [6.45, 7) is 1.97. The van der Waals surface area contributed by atoms with Crippen molar-refractivity contribution in [3.63, 3.8) is 0 Å². The van der Waals surface area contributed by atoms with Crippen molar-refractivity contribution in [2.24, 2.45) is 5.92 Å². The van der Waals surface area contributed by atoms with Crippen molar-refractivity contribution in [3.05, 3.63) is 83.9 Å². The zero-order chi connectivity index (χ0) is 26.1. The molecule has 0 bridgehead atoms. The Bertz CT molecular complexity index is 1330. The molecule has 0 saturated carbocycles. The van der Waals surface area contributed by atoms with Crippen LogP contribution in [0, 0.1) is 5.92 Å². The van der Waals surface area contributed by atoms with Crippen molar-refractivity contribution in [2.45, 2.75) is 19.1 Å². The Balaban J connectivity index is 1.54. The van der Waals surface area contributed by atoms with E-state index in [1.807, 2.05) is 36.4 Å². The maximum Gasteiger partial charge on any atom is 0.338 e. The fourth-order valence-corrected chi connectivity index (χ4v) is 4.81. The Morgan fingerprint density at radius 1 is 0.892 bits per heavy atom. The Kier molecular flexibility index (Phi) is 6.54. The predicted octanol–water partition coefficient (Wildman–Crippen LogP) is 3.93. The summed E-state index contributed by atoms with van der Waals surface area (Å²) in [6, 6.07) is 20.2. The molecule has 3 aromatic rings. The number of amides is 2. The van der Waals surface area contributed by atoms with Gasteiger partial charge in [-0.3, -0.25) is 14.4 Å². The third-order valence-corrected chi connectivity index (χ3v) is 6.52. The zero-order valence-electron chi connectivity index (χ0n) is 20.6. The summed E-state index contributed by atoms with van der Waals surface area (Å²) in [4.78, 5) is 46.7. The van der Waals surface area contributed by atoms with Crippen LogP contribution in [0.2, 0.25) is 0 Å². The van der Waals surface area contributed by atoms with Crippen molar-refractivity contribution in [2.75, 3.05) is 30.8 Å². The van der Waals surface area contributed by atoms with Crippen molar-refractivity contribution < 1.29 is 33.4 Å². The summed E-state index contributed by atoms with van der Waals surface area (Å²) in [7, 11) is 3.10. The van der Waals surface area contributed by atoms with Crippen molar-refractivity contribution in [1.82, 2.24) is 0 Å². The van der Waals surface area contributed by atoms with Crippen LogP contribution < -0.4 is 19.4 Å². The maximum absolute atomic E-state index is 13.8. The normalized spacial score (nSPS) is 20.7. The van der Waals surface area contributed by atoms with E-state index < -0.39 is 35.8 Å². The van der Waals surface area contributed by atoms with Gasteiger partial charge < -0.3 is 14.2 Å². The fraction of sp³-hybridized carbons (Fsp3) is 0.250. The number of esters is 1. The number of ether oxygens (including phenoxy) is 3. The lowest BCUT2D eigenvalue weighted by molar-refractivity contribution is -0.126. The van der Waals surface area contributed by atoms with Crippen molar-refractivity contribution in [1.29, 1.82) is 0 Å². The minimum absolute atomic E-state index is 0.249. The van der Waals surface area contributed by atoms with E-state index in [9.17, 15) is 14.4 Å². The van der Waals surface area contributed by atoms with Crippen molar-refractivity contribution in [3.8, 4) is 11.5 Å². The van der Waals surface area contributed by atoms with Gasteiger partial charge in [0.05, 0.1) is 43.8 Å². The number of methoxy groups -OCH3 is 2. The highest BCUT2D eigenvalue weighted by molar-refractivity contribution is 6.24. The quantitative estimate of drug-likeness (QED) is 0.354. The van der Waals surface area contributed by atoms with Crippen LogP contribution in [-0.2, 0) is 19.2 Å². The molecule has 3 aromatic carbocycles. The first-order valence-corrected chi connectivity index (χ1v) is 11.9. The summed E-state index contributed by atoms with van der Waals surface area (Å²) in [5.74, 6) is -1.08. The molecule has 5 rings (SSSR count). The van der Waals surface area contributed by atoms with E-state index in [0.717, 1.165) is 4.90 Å². The second-order valence-electron chi connectivity index (χ2n) is 8.55. The number of hydrogen-bond donors (Lipinski definition) is 0. The average molecular weight is 503 g/mol. The summed E-state index contributed by atoms with van der Waals surface area (Å²) >= 11 is 0. The molecule has 0 spiro atoms. The van der Waals surface area contributed by atoms with Gasteiger partial charge in [0.2, 0.25) is 5.91 Å². The van der Waals surface area contributed by atoms with Crippen LogP contribution in [0.5, 0.6) is 11.5 Å². The van der Waals surface area contributed by atoms with Crippen LogP contribution in [0.1, 0.15) is 28.9 Å². The van der Waals surface area contributed by atoms with Crippen LogP contribution in [0.25, 0.3) is 0 Å². The van der Waals surface area contributed by atoms with E-state index in [0.29, 0.717) is 34.0 Å². The molecule has 0 N–H and O–H groups in total. The first-order valence-electron chi connectivity index (χ1n) is 11.9. The summed E-state index contributed by atoms with van der Waals surface area (Å²) in [5.41, 5.74) is 2.07. The number of rotatable bonds is 7. The van der Waals surface area contributed by atoms with E-state index in [-0.39, 0.29) is 6.61 Å². The number of imide groups is 1. The Hall–Kier alpha value is -4.37. The summed E-state index contributed by atoms with van der Waals surface area (Å²) in [6.07, 6.45) is -1.03. The molecule has 2 fully saturated rings. The van der Waals surface area contributed by atoms with Crippen LogP contribution >= 0.6 is 0 Å². The second kappa shape index (κ2) is 9.94. The number of benzene rings is 3. The van der Waals surface area contributed by atoms with E-state index in [4.69, 9.17) is 19.0 Å². The number of carbonyl (C=O) groups is 3. The molecule has 3 unspecified atom stereocenters. The topological polar surface area (TPSA) is 94.6 Å². The number of para-hydroxylation sites is 1. The lowest BCUT2D eigenvalue weighted by Gasteiger charge is -2.29. The number of anilines is 2. The minimum Gasteiger partial charge on any atom is -0.497 e. The largest absolute Gasteiger partial charge is 0.497 e. The van der Waals surface area contributed by atoms with Gasteiger partial charge in [0.15, 0.2) is 6.10 Å². The maximum atomic E-state index is 13.8. The molecule has 9 heteroatoms. The van der Waals surface area contributed by atoms with E-state index in [2.05, 4.69) is 0 Å². The van der Waals surface area contributed by atoms with Gasteiger partial charge in [0.25, 0.3) is 5.91 Å². The Morgan fingerprint density at radius 2 is 1.62 bits per heavy atom. The zero-order valence-corrected chi connectivity index (χ0v) is 20.6. The molecular formula is C28H26N2O7. The van der Waals surface area contributed by atoms with E-state index >= 15 is 0 Å². The molecule has 0 aliphatic carbocycles. The van der Waals surface area contributed by atoms with E-state index in [1.54, 1.807) is 43.4 Å². The van der Waals surface area contributed by atoms with Crippen LogP contribution in [0.4, 0.5) is 11.4 Å². The molecular weight excluding hydrogens is 476 g/mol. The average Bonchev–Trinajstić information content (AvgIpc) is 3.44. The molecule has 3 atom stereocenters. The van der Waals surface area contributed by atoms with Crippen LogP contribution in [0.3, 0.4) is 0 Å². The van der Waals surface area contributed by atoms with Gasteiger partial charge in [-0.1, -0.05) is 18.2 Å². The molecule has 2 amide bonds. The van der Waals surface area contributed by atoms with Gasteiger partial charge in [-0.15, -0.1) is 0 Å². The second-order valence-corrected chi connectivity index (χ2v) is 8.55. The molecule has 0 aromatic heterocycles. The highest BCUT2D eigenvalue weighted by atomic mass is 16.7. The first-order chi connectivity index (χ1) is 18.0. The van der Waals surface area contributed by atoms with Crippen LogP contribution in [0.15, 0.2) is 72.8 Å².